The highest BCUT2D eigenvalue weighted by Crippen LogP contribution is 2.10. The van der Waals surface area contributed by atoms with Gasteiger partial charge in [-0.15, -0.1) is 0 Å². The van der Waals surface area contributed by atoms with Gasteiger partial charge in [-0.1, -0.05) is 0 Å². The molecule has 1 aliphatic heterocycles. The number of carboxylic acid groups (broad SMARTS) is 1. The van der Waals surface area contributed by atoms with E-state index in [9.17, 15) is 9.59 Å². The van der Waals surface area contributed by atoms with Crippen LogP contribution in [0.3, 0.4) is 0 Å². The standard InChI is InChI=1S/C6H9ClN2O3/c7-5(10)9-2-1-4(3-9)8-6(11)12/h4,8H,1-3H2,(H,11,12). The van der Waals surface area contributed by atoms with Crippen molar-refractivity contribution in [3.63, 3.8) is 0 Å². The first-order chi connectivity index (χ1) is 5.59. The Morgan fingerprint density at radius 1 is 1.58 bits per heavy atom. The van der Waals surface area contributed by atoms with Crippen molar-refractivity contribution in [1.82, 2.24) is 10.2 Å². The molecule has 1 atom stereocenters. The lowest BCUT2D eigenvalue weighted by atomic mass is 10.3. The number of nitrogens with zero attached hydrogens (tertiary/aromatic N) is 1. The number of amides is 2. The summed E-state index contributed by atoms with van der Waals surface area (Å²) in [4.78, 5) is 22.2. The van der Waals surface area contributed by atoms with Crippen molar-refractivity contribution in [2.45, 2.75) is 12.5 Å². The molecule has 68 valence electrons. The van der Waals surface area contributed by atoms with Gasteiger partial charge in [0.1, 0.15) is 0 Å². The number of nitrogens with one attached hydrogen (secondary N) is 1. The zero-order valence-electron chi connectivity index (χ0n) is 6.29. The summed E-state index contributed by atoms with van der Waals surface area (Å²) < 4.78 is 0. The van der Waals surface area contributed by atoms with E-state index in [0.717, 1.165) is 0 Å². The van der Waals surface area contributed by atoms with Crippen LogP contribution < -0.4 is 5.32 Å². The summed E-state index contributed by atoms with van der Waals surface area (Å²) in [6, 6.07) is -0.176. The highest BCUT2D eigenvalue weighted by atomic mass is 35.5. The van der Waals surface area contributed by atoms with Crippen molar-refractivity contribution in [3.8, 4) is 0 Å². The summed E-state index contributed by atoms with van der Waals surface area (Å²) in [5, 5.41) is 10.1. The van der Waals surface area contributed by atoms with Gasteiger partial charge in [0, 0.05) is 13.1 Å². The molecule has 0 bridgehead atoms. The van der Waals surface area contributed by atoms with Gasteiger partial charge in [0.25, 0.3) is 0 Å². The third kappa shape index (κ3) is 2.27. The lowest BCUT2D eigenvalue weighted by Gasteiger charge is -2.11. The fraction of sp³-hybridized carbons (Fsp3) is 0.667. The van der Waals surface area contributed by atoms with Gasteiger partial charge < -0.3 is 15.3 Å². The maximum absolute atomic E-state index is 10.6. The van der Waals surface area contributed by atoms with E-state index < -0.39 is 11.5 Å². The Kier molecular flexibility index (Phi) is 2.75. The molecule has 6 heteroatoms. The van der Waals surface area contributed by atoms with E-state index in [1.807, 2.05) is 0 Å². The molecule has 0 aromatic carbocycles. The van der Waals surface area contributed by atoms with Crippen LogP contribution >= 0.6 is 11.6 Å². The van der Waals surface area contributed by atoms with E-state index >= 15 is 0 Å². The van der Waals surface area contributed by atoms with Crippen LogP contribution in [-0.4, -0.2) is 40.6 Å². The van der Waals surface area contributed by atoms with E-state index in [2.05, 4.69) is 5.32 Å². The SMILES string of the molecule is O=C(O)NC1CCN(C(=O)Cl)C1. The summed E-state index contributed by atoms with van der Waals surface area (Å²) in [5.41, 5.74) is 0. The topological polar surface area (TPSA) is 69.6 Å². The van der Waals surface area contributed by atoms with Crippen LogP contribution in [-0.2, 0) is 0 Å². The predicted octanol–water partition coefficient (Wildman–Crippen LogP) is 0.687. The van der Waals surface area contributed by atoms with Gasteiger partial charge in [-0.05, 0) is 18.0 Å². The second-order valence-corrected chi connectivity index (χ2v) is 2.96. The molecule has 1 fully saturated rings. The lowest BCUT2D eigenvalue weighted by molar-refractivity contribution is 0.189. The van der Waals surface area contributed by atoms with Crippen LogP contribution in [0.1, 0.15) is 6.42 Å². The summed E-state index contributed by atoms with van der Waals surface area (Å²) in [6.07, 6.45) is -0.436. The maximum Gasteiger partial charge on any atom is 0.404 e. The van der Waals surface area contributed by atoms with E-state index in [1.54, 1.807) is 0 Å². The zero-order chi connectivity index (χ0) is 9.14. The molecular weight excluding hydrogens is 184 g/mol. The normalized spacial score (nSPS) is 22.4. The van der Waals surface area contributed by atoms with E-state index in [0.29, 0.717) is 19.5 Å². The second-order valence-electron chi connectivity index (χ2n) is 2.63. The molecule has 1 aliphatic rings. The highest BCUT2D eigenvalue weighted by molar-refractivity contribution is 6.62. The number of carbonyl (C=O) groups is 2. The van der Waals surface area contributed by atoms with Crippen molar-refractivity contribution < 1.29 is 14.7 Å². The van der Waals surface area contributed by atoms with Gasteiger partial charge in [0.05, 0.1) is 6.04 Å². The van der Waals surface area contributed by atoms with Gasteiger partial charge in [-0.3, -0.25) is 4.79 Å². The average Bonchev–Trinajstić information content (AvgIpc) is 2.34. The number of carbonyl (C=O) groups excluding carboxylic acids is 1. The number of likely N-dealkylation sites (tertiary alicyclic amines) is 1. The highest BCUT2D eigenvalue weighted by Gasteiger charge is 2.25. The van der Waals surface area contributed by atoms with Gasteiger partial charge in [-0.25, -0.2) is 4.79 Å². The average molecular weight is 193 g/mol. The Bertz CT molecular complexity index is 209. The molecule has 12 heavy (non-hydrogen) atoms. The van der Waals surface area contributed by atoms with Crippen LogP contribution in [0, 0.1) is 0 Å². The summed E-state index contributed by atoms with van der Waals surface area (Å²) in [5.74, 6) is 0. The fourth-order valence-electron chi connectivity index (χ4n) is 1.21. The molecule has 0 aliphatic carbocycles. The molecule has 1 saturated heterocycles. The Morgan fingerprint density at radius 2 is 2.25 bits per heavy atom. The first kappa shape index (κ1) is 9.12. The van der Waals surface area contributed by atoms with Crippen LogP contribution in [0.25, 0.3) is 0 Å². The molecule has 1 unspecified atom stereocenters. The van der Waals surface area contributed by atoms with E-state index in [4.69, 9.17) is 16.7 Å². The molecule has 1 heterocycles. The minimum absolute atomic E-state index is 0.176. The number of rotatable bonds is 1. The fourth-order valence-corrected chi connectivity index (χ4v) is 1.37. The number of hydrogen-bond acceptors (Lipinski definition) is 2. The van der Waals surface area contributed by atoms with Gasteiger partial charge in [0.2, 0.25) is 0 Å². The number of hydrogen-bond donors (Lipinski definition) is 2. The third-order valence-electron chi connectivity index (χ3n) is 1.76. The Hall–Kier alpha value is -0.970. The molecule has 0 radical (unpaired) electrons. The first-order valence-electron chi connectivity index (χ1n) is 3.53. The van der Waals surface area contributed by atoms with Gasteiger partial charge >= 0.3 is 11.5 Å². The quantitative estimate of drug-likeness (QED) is 0.474. The van der Waals surface area contributed by atoms with Crippen molar-refractivity contribution in [2.75, 3.05) is 13.1 Å². The van der Waals surface area contributed by atoms with E-state index in [1.165, 1.54) is 4.90 Å². The van der Waals surface area contributed by atoms with Crippen LogP contribution in [0.4, 0.5) is 9.59 Å². The maximum atomic E-state index is 10.6. The smallest absolute Gasteiger partial charge is 0.404 e. The van der Waals surface area contributed by atoms with Gasteiger partial charge in [-0.2, -0.15) is 0 Å². The molecule has 0 spiro atoms. The minimum Gasteiger partial charge on any atom is -0.465 e. The molecule has 1 rings (SSSR count). The molecular formula is C6H9ClN2O3. The minimum atomic E-state index is -1.07. The molecule has 0 saturated carbocycles. The van der Waals surface area contributed by atoms with Crippen molar-refractivity contribution in [1.29, 1.82) is 0 Å². The molecule has 2 N–H and O–H groups in total. The monoisotopic (exact) mass is 192 g/mol. The first-order valence-corrected chi connectivity index (χ1v) is 3.91. The zero-order valence-corrected chi connectivity index (χ0v) is 7.04. The van der Waals surface area contributed by atoms with Crippen LogP contribution in [0.5, 0.6) is 0 Å². The largest absolute Gasteiger partial charge is 0.465 e. The molecule has 0 aromatic heterocycles. The number of halogens is 1. The summed E-state index contributed by atoms with van der Waals surface area (Å²) in [6.45, 7) is 0.891. The second kappa shape index (κ2) is 3.62. The Morgan fingerprint density at radius 3 is 2.67 bits per heavy atom. The van der Waals surface area contributed by atoms with Crippen LogP contribution in [0.2, 0.25) is 0 Å². The van der Waals surface area contributed by atoms with Crippen molar-refractivity contribution >= 4 is 23.1 Å². The van der Waals surface area contributed by atoms with E-state index in [-0.39, 0.29) is 6.04 Å². The van der Waals surface area contributed by atoms with Crippen molar-refractivity contribution in [3.05, 3.63) is 0 Å². The molecule has 5 nitrogen and oxygen atoms in total. The molecule has 2 amide bonds. The van der Waals surface area contributed by atoms with Crippen molar-refractivity contribution in [2.24, 2.45) is 0 Å². The Labute approximate surface area is 74.3 Å². The predicted molar refractivity (Wildman–Crippen MR) is 42.4 cm³/mol. The summed E-state index contributed by atoms with van der Waals surface area (Å²) >= 11 is 5.20. The molecule has 0 aromatic rings. The van der Waals surface area contributed by atoms with Crippen LogP contribution in [0.15, 0.2) is 0 Å². The lowest BCUT2D eigenvalue weighted by Crippen LogP contribution is -2.36. The summed E-state index contributed by atoms with van der Waals surface area (Å²) in [7, 11) is 0. The van der Waals surface area contributed by atoms with Gasteiger partial charge in [0.15, 0.2) is 0 Å². The third-order valence-corrected chi connectivity index (χ3v) is 2.00. The Balaban J connectivity index is 2.35.